The molecule has 1 aromatic carbocycles. The van der Waals surface area contributed by atoms with Crippen LogP contribution in [0, 0.1) is 21.4 Å². The molecule has 0 saturated carbocycles. The molecule has 1 amide bonds. The van der Waals surface area contributed by atoms with Crippen LogP contribution in [0.4, 0.5) is 10.8 Å². The summed E-state index contributed by atoms with van der Waals surface area (Å²) < 4.78 is 5.76. The number of anilines is 1. The summed E-state index contributed by atoms with van der Waals surface area (Å²) in [5, 5.41) is 23.6. The van der Waals surface area contributed by atoms with Gasteiger partial charge in [-0.2, -0.15) is 14.6 Å². The van der Waals surface area contributed by atoms with E-state index < -0.39 is 10.8 Å². The van der Waals surface area contributed by atoms with Gasteiger partial charge >= 0.3 is 0 Å². The first-order valence-electron chi connectivity index (χ1n) is 7.75. The molecule has 0 aliphatic carbocycles. The predicted octanol–water partition coefficient (Wildman–Crippen LogP) is 3.50. The van der Waals surface area contributed by atoms with Gasteiger partial charge < -0.3 is 4.57 Å². The fraction of sp³-hybridized carbons (Fsp3) is 0.0588. The highest BCUT2D eigenvalue weighted by molar-refractivity contribution is 7.98. The monoisotopic (exact) mass is 412 g/mol. The molecule has 0 aliphatic heterocycles. The molecule has 2 heterocycles. The third kappa shape index (κ3) is 4.25. The fourth-order valence-corrected chi connectivity index (χ4v) is 3.41. The molecule has 1 N–H and O–H groups in total. The number of rotatable bonds is 6. The van der Waals surface area contributed by atoms with Crippen LogP contribution >= 0.6 is 23.3 Å². The first-order chi connectivity index (χ1) is 13.5. The number of carbonyl (C=O) groups excluding carboxylic acids is 1. The number of nitro groups is 1. The molecule has 0 unspecified atom stereocenters. The molecular formula is C17H12N6O3S2. The topological polar surface area (TPSA) is 127 Å². The minimum atomic E-state index is -0.595. The summed E-state index contributed by atoms with van der Waals surface area (Å²) in [4.78, 5) is 26.8. The van der Waals surface area contributed by atoms with E-state index >= 15 is 0 Å². The standard InChI is InChI=1S/C17H12N6O3S2/c1-27-17-20-16(28-21-17)19-15(24)11(10-18)9-14-3-2-8-22(14)12-4-6-13(7-5-12)23(25)26/h2-9H,1H3,(H,19,20,21,24)/b11-9-. The number of amides is 1. The molecule has 0 bridgehead atoms. The molecule has 11 heteroatoms. The van der Waals surface area contributed by atoms with Gasteiger partial charge in [0.05, 0.1) is 4.92 Å². The van der Waals surface area contributed by atoms with E-state index in [0.29, 0.717) is 21.7 Å². The molecule has 0 spiro atoms. The number of carbonyl (C=O) groups is 1. The first kappa shape index (κ1) is 19.3. The highest BCUT2D eigenvalue weighted by Crippen LogP contribution is 2.21. The second kappa shape index (κ2) is 8.47. The summed E-state index contributed by atoms with van der Waals surface area (Å²) in [5.41, 5.74) is 1.10. The number of nitro benzene ring substituents is 1. The van der Waals surface area contributed by atoms with Crippen molar-refractivity contribution in [3.63, 3.8) is 0 Å². The average molecular weight is 412 g/mol. The van der Waals surface area contributed by atoms with Crippen LogP contribution in [0.1, 0.15) is 5.69 Å². The second-order valence-electron chi connectivity index (χ2n) is 5.29. The van der Waals surface area contributed by atoms with Crippen LogP contribution in [0.15, 0.2) is 53.3 Å². The summed E-state index contributed by atoms with van der Waals surface area (Å²) in [6.45, 7) is 0. The normalized spacial score (nSPS) is 11.1. The molecule has 0 saturated heterocycles. The Balaban J connectivity index is 1.85. The van der Waals surface area contributed by atoms with Gasteiger partial charge in [0.25, 0.3) is 11.6 Å². The number of benzene rings is 1. The SMILES string of the molecule is CSc1nsc(NC(=O)/C(C#N)=C\c2cccn2-c2ccc([N+](=O)[O-])cc2)n1. The summed E-state index contributed by atoms with van der Waals surface area (Å²) in [6, 6.07) is 11.3. The van der Waals surface area contributed by atoms with Crippen LogP contribution in [-0.2, 0) is 4.79 Å². The summed E-state index contributed by atoms with van der Waals surface area (Å²) >= 11 is 2.38. The van der Waals surface area contributed by atoms with Crippen molar-refractivity contribution in [2.24, 2.45) is 0 Å². The van der Waals surface area contributed by atoms with Gasteiger partial charge in [0, 0.05) is 41.2 Å². The predicted molar refractivity (Wildman–Crippen MR) is 106 cm³/mol. The molecule has 140 valence electrons. The number of aromatic nitrogens is 3. The van der Waals surface area contributed by atoms with Gasteiger partial charge in [0.2, 0.25) is 10.3 Å². The van der Waals surface area contributed by atoms with E-state index in [1.807, 2.05) is 12.3 Å². The van der Waals surface area contributed by atoms with Gasteiger partial charge in [-0.25, -0.2) is 0 Å². The fourth-order valence-electron chi connectivity index (χ4n) is 2.29. The van der Waals surface area contributed by atoms with E-state index in [1.54, 1.807) is 35.0 Å². The highest BCUT2D eigenvalue weighted by atomic mass is 32.2. The number of nitrogens with one attached hydrogen (secondary N) is 1. The van der Waals surface area contributed by atoms with Crippen molar-refractivity contribution in [1.82, 2.24) is 13.9 Å². The third-order valence-electron chi connectivity index (χ3n) is 3.59. The average Bonchev–Trinajstić information content (AvgIpc) is 3.35. The third-order valence-corrected chi connectivity index (χ3v) is 4.88. The number of thioether (sulfide) groups is 1. The maximum Gasteiger partial charge on any atom is 0.269 e. The molecule has 0 atom stereocenters. The maximum absolute atomic E-state index is 12.4. The Hall–Kier alpha value is -3.49. The smallest absolute Gasteiger partial charge is 0.269 e. The van der Waals surface area contributed by atoms with Crippen molar-refractivity contribution < 1.29 is 9.72 Å². The van der Waals surface area contributed by atoms with Crippen molar-refractivity contribution in [3.05, 3.63) is 64.0 Å². The Labute approximate surface area is 167 Å². The van der Waals surface area contributed by atoms with Crippen molar-refractivity contribution >= 4 is 46.1 Å². The lowest BCUT2D eigenvalue weighted by Gasteiger charge is -2.07. The number of nitriles is 1. The van der Waals surface area contributed by atoms with E-state index in [4.69, 9.17) is 0 Å². The second-order valence-corrected chi connectivity index (χ2v) is 6.81. The first-order valence-corrected chi connectivity index (χ1v) is 9.74. The van der Waals surface area contributed by atoms with E-state index in [2.05, 4.69) is 14.7 Å². The number of nitrogens with zero attached hydrogens (tertiary/aromatic N) is 5. The molecule has 0 aliphatic rings. The van der Waals surface area contributed by atoms with E-state index in [0.717, 1.165) is 11.5 Å². The van der Waals surface area contributed by atoms with Gasteiger partial charge in [-0.05, 0) is 36.6 Å². The van der Waals surface area contributed by atoms with E-state index in [9.17, 15) is 20.2 Å². The molecular weight excluding hydrogens is 400 g/mol. The quantitative estimate of drug-likeness (QED) is 0.216. The van der Waals surface area contributed by atoms with Crippen LogP contribution in [0.2, 0.25) is 0 Å². The molecule has 0 radical (unpaired) electrons. The van der Waals surface area contributed by atoms with Gasteiger partial charge in [-0.15, -0.1) is 0 Å². The van der Waals surface area contributed by atoms with Gasteiger partial charge in [0.1, 0.15) is 11.6 Å². The van der Waals surface area contributed by atoms with E-state index in [1.165, 1.54) is 30.0 Å². The molecule has 3 aromatic rings. The zero-order valence-electron chi connectivity index (χ0n) is 14.4. The Bertz CT molecular complexity index is 1090. The Kier molecular flexibility index (Phi) is 5.83. The lowest BCUT2D eigenvalue weighted by molar-refractivity contribution is -0.384. The van der Waals surface area contributed by atoms with Crippen LogP contribution in [0.3, 0.4) is 0 Å². The number of hydrogen-bond acceptors (Lipinski definition) is 8. The van der Waals surface area contributed by atoms with Gasteiger partial charge in [-0.1, -0.05) is 11.8 Å². The van der Waals surface area contributed by atoms with Crippen molar-refractivity contribution in [2.75, 3.05) is 11.6 Å². The summed E-state index contributed by atoms with van der Waals surface area (Å²) in [7, 11) is 0. The minimum Gasteiger partial charge on any atom is -0.317 e. The van der Waals surface area contributed by atoms with Crippen molar-refractivity contribution in [1.29, 1.82) is 5.26 Å². The van der Waals surface area contributed by atoms with Crippen LogP contribution in [-0.4, -0.2) is 31.0 Å². The largest absolute Gasteiger partial charge is 0.317 e. The Morgan fingerprint density at radius 2 is 2.14 bits per heavy atom. The zero-order chi connectivity index (χ0) is 20.1. The molecule has 0 fully saturated rings. The van der Waals surface area contributed by atoms with Gasteiger partial charge in [-0.3, -0.25) is 20.2 Å². The molecule has 9 nitrogen and oxygen atoms in total. The maximum atomic E-state index is 12.4. The summed E-state index contributed by atoms with van der Waals surface area (Å²) in [6.07, 6.45) is 4.99. The Morgan fingerprint density at radius 3 is 2.75 bits per heavy atom. The summed E-state index contributed by atoms with van der Waals surface area (Å²) in [5.74, 6) is -0.595. The van der Waals surface area contributed by atoms with Crippen LogP contribution < -0.4 is 5.32 Å². The van der Waals surface area contributed by atoms with Crippen molar-refractivity contribution in [3.8, 4) is 11.8 Å². The van der Waals surface area contributed by atoms with Crippen LogP contribution in [0.25, 0.3) is 11.8 Å². The number of hydrogen-bond donors (Lipinski definition) is 1. The van der Waals surface area contributed by atoms with Crippen LogP contribution in [0.5, 0.6) is 0 Å². The molecule has 28 heavy (non-hydrogen) atoms. The minimum absolute atomic E-state index is 0.0215. The van der Waals surface area contributed by atoms with Gasteiger partial charge in [0.15, 0.2) is 0 Å². The van der Waals surface area contributed by atoms with Crippen molar-refractivity contribution in [2.45, 2.75) is 5.16 Å². The molecule has 2 aromatic heterocycles. The highest BCUT2D eigenvalue weighted by Gasteiger charge is 2.14. The molecule has 3 rings (SSSR count). The lowest BCUT2D eigenvalue weighted by Crippen LogP contribution is -2.13. The van der Waals surface area contributed by atoms with E-state index in [-0.39, 0.29) is 11.3 Å². The number of non-ortho nitro benzene ring substituents is 1. The zero-order valence-corrected chi connectivity index (χ0v) is 16.0. The lowest BCUT2D eigenvalue weighted by atomic mass is 10.2. The Morgan fingerprint density at radius 1 is 1.39 bits per heavy atom.